The van der Waals surface area contributed by atoms with Gasteiger partial charge in [-0.25, -0.2) is 0 Å². The predicted octanol–water partition coefficient (Wildman–Crippen LogP) is 3.75. The Hall–Kier alpha value is -2.23. The van der Waals surface area contributed by atoms with Gasteiger partial charge in [-0.1, -0.05) is 36.8 Å². The Balaban J connectivity index is 1.86. The van der Waals surface area contributed by atoms with E-state index in [-0.39, 0.29) is 18.6 Å². The molecule has 1 aliphatic heterocycles. The summed E-state index contributed by atoms with van der Waals surface area (Å²) >= 11 is 11.7. The SMILES string of the molecule is C#CCOc1c(Cl)cc(/C=C2\NC(=S)N(C3CCCCC3)C2=O)cc1OC. The van der Waals surface area contributed by atoms with Gasteiger partial charge in [-0.2, -0.15) is 0 Å². The van der Waals surface area contributed by atoms with Crippen LogP contribution in [0.3, 0.4) is 0 Å². The minimum atomic E-state index is -0.102. The molecule has 2 fully saturated rings. The van der Waals surface area contributed by atoms with Crippen LogP contribution >= 0.6 is 23.8 Å². The summed E-state index contributed by atoms with van der Waals surface area (Å²) in [4.78, 5) is 14.6. The van der Waals surface area contributed by atoms with Crippen LogP contribution in [0, 0.1) is 12.3 Å². The highest BCUT2D eigenvalue weighted by molar-refractivity contribution is 7.80. The van der Waals surface area contributed by atoms with E-state index in [9.17, 15) is 4.79 Å². The zero-order chi connectivity index (χ0) is 19.4. The molecule has 0 unspecified atom stereocenters. The van der Waals surface area contributed by atoms with Crippen molar-refractivity contribution in [2.75, 3.05) is 13.7 Å². The number of methoxy groups -OCH3 is 1. The highest BCUT2D eigenvalue weighted by Crippen LogP contribution is 2.37. The van der Waals surface area contributed by atoms with E-state index < -0.39 is 0 Å². The van der Waals surface area contributed by atoms with Gasteiger partial charge in [0.1, 0.15) is 12.3 Å². The van der Waals surface area contributed by atoms with Gasteiger partial charge in [0, 0.05) is 6.04 Å². The lowest BCUT2D eigenvalue weighted by atomic mass is 9.94. The number of ether oxygens (including phenoxy) is 2. The van der Waals surface area contributed by atoms with E-state index in [2.05, 4.69) is 11.2 Å². The van der Waals surface area contributed by atoms with E-state index in [1.54, 1.807) is 23.1 Å². The Bertz CT molecular complexity index is 825. The smallest absolute Gasteiger partial charge is 0.276 e. The summed E-state index contributed by atoms with van der Waals surface area (Å²) in [6.07, 6.45) is 12.4. The van der Waals surface area contributed by atoms with Crippen LogP contribution in [-0.4, -0.2) is 35.7 Å². The van der Waals surface area contributed by atoms with Gasteiger partial charge in [-0.05, 0) is 48.8 Å². The molecule has 1 saturated carbocycles. The Morgan fingerprint density at radius 3 is 2.81 bits per heavy atom. The van der Waals surface area contributed by atoms with Gasteiger partial charge in [0.25, 0.3) is 5.91 Å². The van der Waals surface area contributed by atoms with Crippen LogP contribution in [0.4, 0.5) is 0 Å². The van der Waals surface area contributed by atoms with Crippen LogP contribution in [0.15, 0.2) is 17.8 Å². The van der Waals surface area contributed by atoms with Crippen molar-refractivity contribution in [2.24, 2.45) is 0 Å². The molecule has 0 atom stereocenters. The Kier molecular flexibility index (Phi) is 6.25. The molecule has 142 valence electrons. The van der Waals surface area contributed by atoms with Crippen LogP contribution < -0.4 is 14.8 Å². The first-order valence-corrected chi connectivity index (χ1v) is 9.63. The number of terminal acetylenes is 1. The van der Waals surface area contributed by atoms with Crippen molar-refractivity contribution in [2.45, 2.75) is 38.1 Å². The second-order valence-electron chi connectivity index (χ2n) is 6.48. The first-order chi connectivity index (χ1) is 13.0. The maximum absolute atomic E-state index is 12.9. The number of thiocarbonyl (C=S) groups is 1. The lowest BCUT2D eigenvalue weighted by molar-refractivity contribution is -0.124. The Morgan fingerprint density at radius 1 is 1.41 bits per heavy atom. The standard InChI is InChI=1S/C20H21ClN2O3S/c1-3-9-26-18-15(21)10-13(12-17(18)25-2)11-16-19(24)23(20(27)22-16)14-7-5-4-6-8-14/h1,10-12,14H,4-9H2,2H3,(H,22,27)/b16-11-. The van der Waals surface area contributed by atoms with E-state index in [0.29, 0.717) is 32.9 Å². The molecular formula is C20H21ClN2O3S. The average Bonchev–Trinajstić information content (AvgIpc) is 2.94. The third-order valence-electron chi connectivity index (χ3n) is 4.71. The number of halogens is 1. The monoisotopic (exact) mass is 404 g/mol. The molecule has 0 spiro atoms. The van der Waals surface area contributed by atoms with Gasteiger partial charge in [0.15, 0.2) is 16.6 Å². The van der Waals surface area contributed by atoms with Crippen LogP contribution in [0.2, 0.25) is 5.02 Å². The maximum Gasteiger partial charge on any atom is 0.276 e. The molecule has 1 aromatic rings. The molecule has 1 N–H and O–H groups in total. The number of carbonyl (C=O) groups is 1. The second kappa shape index (κ2) is 8.64. The average molecular weight is 405 g/mol. The van der Waals surface area contributed by atoms with Crippen molar-refractivity contribution in [3.05, 3.63) is 28.4 Å². The second-order valence-corrected chi connectivity index (χ2v) is 7.28. The first kappa shape index (κ1) is 19.5. The maximum atomic E-state index is 12.9. The number of benzene rings is 1. The summed E-state index contributed by atoms with van der Waals surface area (Å²) in [6, 6.07) is 3.62. The fourth-order valence-electron chi connectivity index (χ4n) is 3.46. The fourth-order valence-corrected chi connectivity index (χ4v) is 4.08. The molecule has 1 saturated heterocycles. The van der Waals surface area contributed by atoms with Gasteiger partial charge < -0.3 is 14.8 Å². The minimum Gasteiger partial charge on any atom is -0.493 e. The number of nitrogens with zero attached hydrogens (tertiary/aromatic N) is 1. The van der Waals surface area contributed by atoms with Gasteiger partial charge in [0.2, 0.25) is 0 Å². The third-order valence-corrected chi connectivity index (χ3v) is 5.29. The number of nitrogens with one attached hydrogen (secondary N) is 1. The molecule has 7 heteroatoms. The number of carbonyl (C=O) groups excluding carboxylic acids is 1. The Morgan fingerprint density at radius 2 is 2.15 bits per heavy atom. The summed E-state index contributed by atoms with van der Waals surface area (Å²) in [7, 11) is 1.52. The molecule has 1 heterocycles. The van der Waals surface area contributed by atoms with Crippen molar-refractivity contribution in [3.8, 4) is 23.8 Å². The van der Waals surface area contributed by atoms with Crippen LogP contribution in [0.1, 0.15) is 37.7 Å². The molecule has 0 bridgehead atoms. The molecular weight excluding hydrogens is 384 g/mol. The number of rotatable bonds is 5. The van der Waals surface area contributed by atoms with Gasteiger partial charge in [0.05, 0.1) is 12.1 Å². The van der Waals surface area contributed by atoms with Crippen molar-refractivity contribution >= 4 is 40.9 Å². The lowest BCUT2D eigenvalue weighted by Crippen LogP contribution is -2.41. The van der Waals surface area contributed by atoms with E-state index >= 15 is 0 Å². The van der Waals surface area contributed by atoms with E-state index in [1.165, 1.54) is 13.5 Å². The quantitative estimate of drug-likeness (QED) is 0.460. The fraction of sp³-hybridized carbons (Fsp3) is 0.400. The van der Waals surface area contributed by atoms with E-state index in [1.807, 2.05) is 0 Å². The van der Waals surface area contributed by atoms with E-state index in [0.717, 1.165) is 25.7 Å². The Labute approximate surface area is 169 Å². The molecule has 27 heavy (non-hydrogen) atoms. The molecule has 3 rings (SSSR count). The highest BCUT2D eigenvalue weighted by atomic mass is 35.5. The van der Waals surface area contributed by atoms with Crippen molar-refractivity contribution in [3.63, 3.8) is 0 Å². The van der Waals surface area contributed by atoms with E-state index in [4.69, 9.17) is 39.7 Å². The molecule has 0 aromatic heterocycles. The number of amides is 1. The van der Waals surface area contributed by atoms with Crippen molar-refractivity contribution < 1.29 is 14.3 Å². The molecule has 0 radical (unpaired) electrons. The van der Waals surface area contributed by atoms with Crippen LogP contribution in [0.25, 0.3) is 6.08 Å². The van der Waals surface area contributed by atoms with Gasteiger partial charge in [-0.3, -0.25) is 9.69 Å². The summed E-state index contributed by atoms with van der Waals surface area (Å²) in [6.45, 7) is 0.0845. The summed E-state index contributed by atoms with van der Waals surface area (Å²) in [5.74, 6) is 3.11. The molecule has 1 aromatic carbocycles. The summed E-state index contributed by atoms with van der Waals surface area (Å²) in [5.41, 5.74) is 1.13. The topological polar surface area (TPSA) is 50.8 Å². The summed E-state index contributed by atoms with van der Waals surface area (Å²) < 4.78 is 10.8. The molecule has 1 amide bonds. The highest BCUT2D eigenvalue weighted by Gasteiger charge is 2.36. The van der Waals surface area contributed by atoms with Crippen molar-refractivity contribution in [1.29, 1.82) is 0 Å². The number of hydrogen-bond acceptors (Lipinski definition) is 4. The van der Waals surface area contributed by atoms with Crippen LogP contribution in [0.5, 0.6) is 11.5 Å². The largest absolute Gasteiger partial charge is 0.493 e. The normalized spacial score (nSPS) is 19.1. The zero-order valence-corrected chi connectivity index (χ0v) is 16.7. The van der Waals surface area contributed by atoms with Gasteiger partial charge >= 0.3 is 0 Å². The minimum absolute atomic E-state index is 0.0845. The molecule has 1 aliphatic carbocycles. The first-order valence-electron chi connectivity index (χ1n) is 8.85. The zero-order valence-electron chi connectivity index (χ0n) is 15.1. The third kappa shape index (κ3) is 4.20. The molecule has 2 aliphatic rings. The van der Waals surface area contributed by atoms with Crippen molar-refractivity contribution in [1.82, 2.24) is 10.2 Å². The molecule has 5 nitrogen and oxygen atoms in total. The van der Waals surface area contributed by atoms with Crippen LogP contribution in [-0.2, 0) is 4.79 Å². The summed E-state index contributed by atoms with van der Waals surface area (Å²) in [5, 5.41) is 3.85. The van der Waals surface area contributed by atoms with Gasteiger partial charge in [-0.15, -0.1) is 6.42 Å². The number of hydrogen-bond donors (Lipinski definition) is 1. The lowest BCUT2D eigenvalue weighted by Gasteiger charge is -2.29. The predicted molar refractivity (Wildman–Crippen MR) is 110 cm³/mol.